The molecule has 17 nitrogen and oxygen atoms in total. The standard InChI is InChI=1S/C26H27F5N6O3.C15H16F5NO.C11H14N4O.C2H6O.2ClH.K/c27-18-4-1-3-17(21(18)28)15-6-7-19(23(38)36(13-15)14-26(29,30)31)33-24(39)35-11-8-16(9-12-35)37-20-5-2-10-32-22(20)34-25(37)40;1-9-5-6-10(11-3-2-4-12(16)13(11)17)7-21(14(9)22)8-15(18,19)20;16-11-14-10-9(2-1-5-13-10)15(11)8-3-6-12-7-4-8;1-2-3;;;/h1-5,10,15-16,19H,6-9,11-14H2,(H2,32,33,34,39,40);2-4,9-10H,5-8H2,1H3;1-2,5,8,12H,3-4,6-7H2,(H,13,14,16);3H,2H2,1H3;2*1H;/q;;;;;;+1/p-1/t15?,19-;9-,10?;;;;;/m11...../s1. The fourth-order valence-electron chi connectivity index (χ4n) is 10.7. The number of alkyl halides is 6. The van der Waals surface area contributed by atoms with Crippen molar-refractivity contribution in [1.29, 1.82) is 0 Å². The zero-order valence-electron chi connectivity index (χ0n) is 46.1. The molecule has 4 N–H and O–H groups in total. The number of imidazole rings is 2. The number of piperidine rings is 2. The summed E-state index contributed by atoms with van der Waals surface area (Å²) in [6.07, 6.45) is -2.49. The van der Waals surface area contributed by atoms with Gasteiger partial charge in [-0.3, -0.25) is 23.9 Å². The number of likely N-dealkylation sites (tertiary alicyclic amines) is 3. The number of urea groups is 1. The van der Waals surface area contributed by atoms with Crippen LogP contribution in [0.4, 0.5) is 48.7 Å². The quantitative estimate of drug-likeness (QED) is 0.114. The largest absolute Gasteiger partial charge is 1.00 e. The molecule has 0 bridgehead atoms. The third-order valence-electron chi connectivity index (χ3n) is 14.6. The third kappa shape index (κ3) is 18.5. The van der Waals surface area contributed by atoms with Crippen molar-refractivity contribution in [3.05, 3.63) is 128 Å². The molecule has 0 spiro atoms. The molecule has 10 rings (SSSR count). The van der Waals surface area contributed by atoms with Gasteiger partial charge < -0.3 is 45.0 Å². The predicted octanol–water partition coefficient (Wildman–Crippen LogP) is 5.68. The van der Waals surface area contributed by atoms with Gasteiger partial charge in [0.1, 0.15) is 19.1 Å². The summed E-state index contributed by atoms with van der Waals surface area (Å²) in [6.45, 7) is 2.22. The molecule has 4 aromatic heterocycles. The summed E-state index contributed by atoms with van der Waals surface area (Å²) >= 11 is 0. The van der Waals surface area contributed by atoms with Gasteiger partial charge in [-0.05, 0) is 119 Å². The molecule has 0 aliphatic carbocycles. The molecule has 2 aromatic carbocycles. The minimum atomic E-state index is -4.73. The SMILES string of the molecule is CCO.C[C@@H]1CCC(c2cccc(F)c2F)CN(CC(F)(F)F)C1=O.Cl.Cl.O=C(N[C@@H]1CCC(c2cccc(F)c2F)CN(CC(F)(F)F)C1=O)N1CCC(n2c(=O)[n-]c3ncccc32)CC1.O=c1[nH]c2ncccc2n1C1CCNCC1.[K+]. The molecule has 84 heavy (non-hydrogen) atoms. The number of nitrogens with one attached hydrogen (secondary N) is 3. The van der Waals surface area contributed by atoms with Crippen molar-refractivity contribution >= 4 is 65.0 Å². The number of aromatic nitrogens is 6. The second-order valence-electron chi connectivity index (χ2n) is 20.2. The number of fused-ring (bicyclic) bond motifs is 2. The number of rotatable bonds is 7. The molecular weight excluding hydrogens is 1200 g/mol. The van der Waals surface area contributed by atoms with Crippen LogP contribution in [0.2, 0.25) is 0 Å². The van der Waals surface area contributed by atoms with Gasteiger partial charge in [0.05, 0.1) is 5.52 Å². The van der Waals surface area contributed by atoms with Crippen molar-refractivity contribution in [3.63, 3.8) is 0 Å². The van der Waals surface area contributed by atoms with E-state index in [1.54, 1.807) is 36.7 Å². The maximum atomic E-state index is 14.5. The Hall–Kier alpha value is -5.07. The van der Waals surface area contributed by atoms with Crippen molar-refractivity contribution < 1.29 is 115 Å². The second-order valence-corrected chi connectivity index (χ2v) is 20.2. The first kappa shape index (κ1) is 71.4. The number of benzene rings is 2. The molecule has 0 radical (unpaired) electrons. The van der Waals surface area contributed by atoms with Crippen LogP contribution < -0.4 is 78.4 Å². The van der Waals surface area contributed by atoms with Crippen molar-refractivity contribution in [1.82, 2.24) is 54.4 Å². The summed E-state index contributed by atoms with van der Waals surface area (Å²) in [7, 11) is 0. The van der Waals surface area contributed by atoms with Gasteiger partial charge in [-0.15, -0.1) is 24.8 Å². The average Bonchev–Trinajstić information content (AvgIpc) is 4.10. The molecule has 0 saturated carbocycles. The zero-order valence-corrected chi connectivity index (χ0v) is 50.8. The van der Waals surface area contributed by atoms with Crippen LogP contribution in [-0.2, 0) is 9.59 Å². The summed E-state index contributed by atoms with van der Waals surface area (Å²) in [5.41, 5.74) is 1.96. The van der Waals surface area contributed by atoms with E-state index in [-0.39, 0.29) is 138 Å². The van der Waals surface area contributed by atoms with E-state index in [1.165, 1.54) is 35.4 Å². The van der Waals surface area contributed by atoms with E-state index in [4.69, 9.17) is 5.11 Å². The van der Waals surface area contributed by atoms with Crippen LogP contribution in [0, 0.1) is 29.2 Å². The van der Waals surface area contributed by atoms with Crippen molar-refractivity contribution in [3.8, 4) is 0 Å². The Labute approximate surface area is 530 Å². The molecule has 456 valence electrons. The molecule has 4 aliphatic rings. The number of amides is 4. The molecule has 6 aromatic rings. The molecule has 4 atom stereocenters. The number of nitrogens with zero attached hydrogens (tertiary/aromatic N) is 8. The minimum absolute atomic E-state index is 0. The fourth-order valence-corrected chi connectivity index (χ4v) is 10.7. The Kier molecular flexibility index (Phi) is 27.3. The molecule has 4 fully saturated rings. The van der Waals surface area contributed by atoms with Gasteiger partial charge in [-0.2, -0.15) is 26.3 Å². The van der Waals surface area contributed by atoms with Crippen molar-refractivity contribution in [2.75, 3.05) is 59.0 Å². The maximum absolute atomic E-state index is 14.5. The van der Waals surface area contributed by atoms with Crippen molar-refractivity contribution in [2.24, 2.45) is 5.92 Å². The molecular formula is C54H64Cl2F10KN11O6. The monoisotopic (exact) mass is 1260 g/mol. The normalized spacial score (nSPS) is 19.8. The van der Waals surface area contributed by atoms with Crippen LogP contribution in [0.15, 0.2) is 82.6 Å². The summed E-state index contributed by atoms with van der Waals surface area (Å²) < 4.78 is 137. The maximum Gasteiger partial charge on any atom is 1.00 e. The zero-order chi connectivity index (χ0) is 58.8. The van der Waals surface area contributed by atoms with Crippen LogP contribution in [0.25, 0.3) is 22.3 Å². The number of aromatic amines is 1. The van der Waals surface area contributed by atoms with Gasteiger partial charge in [-0.25, -0.2) is 32.1 Å². The summed E-state index contributed by atoms with van der Waals surface area (Å²) in [4.78, 5) is 80.2. The Morgan fingerprint density at radius 2 is 1.18 bits per heavy atom. The molecule has 2 unspecified atom stereocenters. The van der Waals surface area contributed by atoms with E-state index in [9.17, 15) is 67.9 Å². The second kappa shape index (κ2) is 32.1. The minimum Gasteiger partial charge on any atom is -0.397 e. The Bertz CT molecular complexity index is 3240. The topological polar surface area (TPSA) is 205 Å². The van der Waals surface area contributed by atoms with Crippen LogP contribution in [0.3, 0.4) is 0 Å². The van der Waals surface area contributed by atoms with E-state index in [2.05, 4.69) is 30.6 Å². The molecule has 8 heterocycles. The number of carbonyl (C=O) groups excluding carboxylic acids is 3. The molecule has 4 aliphatic heterocycles. The van der Waals surface area contributed by atoms with Crippen LogP contribution in [0.1, 0.15) is 100 Å². The predicted molar refractivity (Wildman–Crippen MR) is 291 cm³/mol. The number of halogens is 12. The Morgan fingerprint density at radius 3 is 1.73 bits per heavy atom. The Morgan fingerprint density at radius 1 is 0.679 bits per heavy atom. The number of carbonyl (C=O) groups is 3. The van der Waals surface area contributed by atoms with Gasteiger partial charge in [0, 0.05) is 73.9 Å². The summed E-state index contributed by atoms with van der Waals surface area (Å²) in [5.74, 6) is -8.03. The first-order chi connectivity index (χ1) is 38.5. The summed E-state index contributed by atoms with van der Waals surface area (Å²) in [5, 5.41) is 13.4. The van der Waals surface area contributed by atoms with Crippen LogP contribution in [0.5, 0.6) is 0 Å². The van der Waals surface area contributed by atoms with Crippen LogP contribution in [-0.4, -0.2) is 139 Å². The number of aliphatic hydroxyl groups excluding tert-OH is 1. The first-order valence-electron chi connectivity index (χ1n) is 26.5. The third-order valence-corrected chi connectivity index (χ3v) is 14.6. The van der Waals surface area contributed by atoms with Gasteiger partial charge in [0.2, 0.25) is 17.5 Å². The molecule has 4 saturated heterocycles. The fraction of sp³-hybridized carbons (Fsp3) is 0.500. The number of hydrogen-bond acceptors (Lipinski definition) is 9. The summed E-state index contributed by atoms with van der Waals surface area (Å²) in [6, 6.07) is 12.5. The number of hydrogen-bond donors (Lipinski definition) is 4. The van der Waals surface area contributed by atoms with Gasteiger partial charge >= 0.3 is 75.5 Å². The van der Waals surface area contributed by atoms with Crippen molar-refractivity contribution in [2.45, 2.75) is 108 Å². The smallest absolute Gasteiger partial charge is 0.397 e. The van der Waals surface area contributed by atoms with Gasteiger partial charge in [0.25, 0.3) is 0 Å². The number of aliphatic hydroxyl groups is 1. The molecule has 30 heteroatoms. The van der Waals surface area contributed by atoms with E-state index < -0.39 is 103 Å². The van der Waals surface area contributed by atoms with E-state index in [0.717, 1.165) is 43.6 Å². The van der Waals surface area contributed by atoms with E-state index in [0.29, 0.717) is 58.3 Å². The Balaban J connectivity index is 0.000000289. The van der Waals surface area contributed by atoms with E-state index in [1.807, 2.05) is 16.7 Å². The average molecular weight is 1260 g/mol. The number of H-pyrrole nitrogens is 1. The van der Waals surface area contributed by atoms with Crippen LogP contribution >= 0.6 is 24.8 Å². The van der Waals surface area contributed by atoms with E-state index >= 15 is 0 Å². The first-order valence-corrected chi connectivity index (χ1v) is 26.5. The van der Waals surface area contributed by atoms with Gasteiger partial charge in [0.15, 0.2) is 28.9 Å². The number of pyridine rings is 2. The van der Waals surface area contributed by atoms with Gasteiger partial charge in [-0.1, -0.05) is 43.3 Å². The molecule has 4 amide bonds.